The van der Waals surface area contributed by atoms with Crippen molar-refractivity contribution in [3.63, 3.8) is 0 Å². The molecule has 23 heavy (non-hydrogen) atoms. The second-order valence-electron chi connectivity index (χ2n) is 4.40. The standard InChI is InChI=1S/C15H13N5O2S/c1-2-11(21)22-13-12(10-6-3-4-7-16-10)19-15(23-13)20-14-17-8-5-9-18-14/h3-9H,2H2,1H3,(H,17,18,19,20). The first-order chi connectivity index (χ1) is 11.3. The van der Waals surface area contributed by atoms with E-state index in [1.165, 1.54) is 11.3 Å². The molecular formula is C15H13N5O2S. The minimum Gasteiger partial charge on any atom is -0.413 e. The van der Waals surface area contributed by atoms with Crippen LogP contribution in [0.25, 0.3) is 11.4 Å². The average Bonchev–Trinajstić information content (AvgIpc) is 2.98. The van der Waals surface area contributed by atoms with Crippen molar-refractivity contribution >= 4 is 28.4 Å². The fraction of sp³-hybridized carbons (Fsp3) is 0.133. The van der Waals surface area contributed by atoms with Crippen LogP contribution < -0.4 is 10.1 Å². The lowest BCUT2D eigenvalue weighted by Crippen LogP contribution is -2.05. The summed E-state index contributed by atoms with van der Waals surface area (Å²) in [6.45, 7) is 1.74. The van der Waals surface area contributed by atoms with E-state index in [0.717, 1.165) is 0 Å². The van der Waals surface area contributed by atoms with Crippen molar-refractivity contribution in [1.82, 2.24) is 19.9 Å². The largest absolute Gasteiger partial charge is 0.413 e. The second kappa shape index (κ2) is 6.93. The topological polar surface area (TPSA) is 89.9 Å². The quantitative estimate of drug-likeness (QED) is 0.720. The van der Waals surface area contributed by atoms with Crippen LogP contribution in [0, 0.1) is 0 Å². The number of esters is 1. The van der Waals surface area contributed by atoms with E-state index in [2.05, 4.69) is 25.3 Å². The molecule has 0 spiro atoms. The molecule has 1 N–H and O–H groups in total. The Morgan fingerprint density at radius 3 is 2.65 bits per heavy atom. The predicted octanol–water partition coefficient (Wildman–Crippen LogP) is 3.05. The number of nitrogens with one attached hydrogen (secondary N) is 1. The number of carbonyl (C=O) groups excluding carboxylic acids is 1. The van der Waals surface area contributed by atoms with Gasteiger partial charge in [0.1, 0.15) is 5.69 Å². The van der Waals surface area contributed by atoms with Gasteiger partial charge in [-0.15, -0.1) is 0 Å². The van der Waals surface area contributed by atoms with Gasteiger partial charge in [-0.3, -0.25) is 15.1 Å². The van der Waals surface area contributed by atoms with E-state index in [1.807, 2.05) is 12.1 Å². The molecule has 0 saturated heterocycles. The maximum Gasteiger partial charge on any atom is 0.311 e. The van der Waals surface area contributed by atoms with Crippen molar-refractivity contribution in [1.29, 1.82) is 0 Å². The third kappa shape index (κ3) is 3.67. The Morgan fingerprint density at radius 2 is 1.96 bits per heavy atom. The maximum absolute atomic E-state index is 11.6. The Kier molecular flexibility index (Phi) is 4.53. The van der Waals surface area contributed by atoms with Gasteiger partial charge in [0.2, 0.25) is 11.0 Å². The SMILES string of the molecule is CCC(=O)Oc1sc(Nc2ncccn2)nc1-c1ccccn1. The molecule has 3 heterocycles. The molecule has 0 fully saturated rings. The van der Waals surface area contributed by atoms with E-state index in [1.54, 1.807) is 37.6 Å². The normalized spacial score (nSPS) is 10.3. The van der Waals surface area contributed by atoms with E-state index in [4.69, 9.17) is 4.74 Å². The fourth-order valence-electron chi connectivity index (χ4n) is 1.73. The lowest BCUT2D eigenvalue weighted by molar-refractivity contribution is -0.133. The van der Waals surface area contributed by atoms with Crippen molar-refractivity contribution in [2.75, 3.05) is 5.32 Å². The zero-order chi connectivity index (χ0) is 16.1. The third-order valence-electron chi connectivity index (χ3n) is 2.78. The number of hydrogen-bond donors (Lipinski definition) is 1. The van der Waals surface area contributed by atoms with Crippen molar-refractivity contribution in [2.45, 2.75) is 13.3 Å². The van der Waals surface area contributed by atoms with Crippen LogP contribution in [0.3, 0.4) is 0 Å². The molecule has 0 amide bonds. The Hall–Kier alpha value is -2.87. The molecule has 3 aromatic heterocycles. The van der Waals surface area contributed by atoms with Crippen molar-refractivity contribution in [3.05, 3.63) is 42.9 Å². The van der Waals surface area contributed by atoms with Crippen LogP contribution in [0.2, 0.25) is 0 Å². The molecule has 0 atom stereocenters. The molecule has 3 aromatic rings. The Bertz CT molecular complexity index is 792. The van der Waals surface area contributed by atoms with Crippen LogP contribution in [0.15, 0.2) is 42.9 Å². The van der Waals surface area contributed by atoms with Gasteiger partial charge in [-0.1, -0.05) is 24.3 Å². The van der Waals surface area contributed by atoms with Crippen LogP contribution in [-0.2, 0) is 4.79 Å². The number of pyridine rings is 1. The highest BCUT2D eigenvalue weighted by Gasteiger charge is 2.18. The maximum atomic E-state index is 11.6. The van der Waals surface area contributed by atoms with Gasteiger partial charge in [0, 0.05) is 25.0 Å². The van der Waals surface area contributed by atoms with Gasteiger partial charge in [0.25, 0.3) is 0 Å². The molecule has 7 nitrogen and oxygen atoms in total. The smallest absolute Gasteiger partial charge is 0.311 e. The minimum absolute atomic E-state index is 0.282. The average molecular weight is 327 g/mol. The number of thiazole rings is 1. The summed E-state index contributed by atoms with van der Waals surface area (Å²) in [5.41, 5.74) is 1.14. The summed E-state index contributed by atoms with van der Waals surface area (Å²) in [5.74, 6) is 0.0931. The molecule has 0 aliphatic rings. The Labute approximate surface area is 136 Å². The summed E-state index contributed by atoms with van der Waals surface area (Å²) in [6, 6.07) is 7.19. The lowest BCUT2D eigenvalue weighted by Gasteiger charge is -2.01. The minimum atomic E-state index is -0.326. The molecule has 3 rings (SSSR count). The van der Waals surface area contributed by atoms with Crippen LogP contribution in [-0.4, -0.2) is 25.9 Å². The molecule has 0 aliphatic heterocycles. The zero-order valence-electron chi connectivity index (χ0n) is 12.3. The van der Waals surface area contributed by atoms with E-state index >= 15 is 0 Å². The second-order valence-corrected chi connectivity index (χ2v) is 5.36. The highest BCUT2D eigenvalue weighted by atomic mass is 32.1. The summed E-state index contributed by atoms with van der Waals surface area (Å²) < 4.78 is 5.36. The van der Waals surface area contributed by atoms with Gasteiger partial charge in [-0.2, -0.15) is 0 Å². The summed E-state index contributed by atoms with van der Waals surface area (Å²) in [6.07, 6.45) is 5.19. The summed E-state index contributed by atoms with van der Waals surface area (Å²) >= 11 is 1.21. The Balaban J connectivity index is 1.94. The summed E-state index contributed by atoms with van der Waals surface area (Å²) in [7, 11) is 0. The van der Waals surface area contributed by atoms with E-state index < -0.39 is 0 Å². The van der Waals surface area contributed by atoms with Gasteiger partial charge in [-0.25, -0.2) is 15.0 Å². The number of carbonyl (C=O) groups is 1. The number of ether oxygens (including phenoxy) is 1. The number of hydrogen-bond acceptors (Lipinski definition) is 8. The molecule has 0 bridgehead atoms. The third-order valence-corrected chi connectivity index (χ3v) is 3.63. The van der Waals surface area contributed by atoms with Crippen LogP contribution >= 0.6 is 11.3 Å². The Morgan fingerprint density at radius 1 is 1.17 bits per heavy atom. The lowest BCUT2D eigenvalue weighted by atomic mass is 10.3. The summed E-state index contributed by atoms with van der Waals surface area (Å²) in [4.78, 5) is 28.5. The molecule has 116 valence electrons. The first-order valence-corrected chi connectivity index (χ1v) is 7.75. The van der Waals surface area contributed by atoms with Gasteiger partial charge >= 0.3 is 5.97 Å². The van der Waals surface area contributed by atoms with Gasteiger partial charge in [-0.05, 0) is 18.2 Å². The molecule has 0 saturated carbocycles. The van der Waals surface area contributed by atoms with Crippen molar-refractivity contribution in [3.8, 4) is 16.5 Å². The number of aromatic nitrogens is 4. The molecule has 0 radical (unpaired) electrons. The van der Waals surface area contributed by atoms with Crippen molar-refractivity contribution < 1.29 is 9.53 Å². The van der Waals surface area contributed by atoms with Gasteiger partial charge in [0.05, 0.1) is 5.69 Å². The fourth-order valence-corrected chi connectivity index (χ4v) is 2.56. The monoisotopic (exact) mass is 327 g/mol. The number of nitrogens with zero attached hydrogens (tertiary/aromatic N) is 4. The zero-order valence-corrected chi connectivity index (χ0v) is 13.1. The molecule has 0 unspecified atom stereocenters. The summed E-state index contributed by atoms with van der Waals surface area (Å²) in [5, 5.41) is 3.91. The molecule has 0 aliphatic carbocycles. The van der Waals surface area contributed by atoms with Crippen LogP contribution in [0.4, 0.5) is 11.1 Å². The van der Waals surface area contributed by atoms with E-state index in [0.29, 0.717) is 27.5 Å². The van der Waals surface area contributed by atoms with E-state index in [-0.39, 0.29) is 12.4 Å². The molecule has 0 aromatic carbocycles. The molecule has 8 heteroatoms. The first kappa shape index (κ1) is 15.0. The number of anilines is 2. The predicted molar refractivity (Wildman–Crippen MR) is 86.6 cm³/mol. The highest BCUT2D eigenvalue weighted by Crippen LogP contribution is 2.38. The number of rotatable bonds is 5. The highest BCUT2D eigenvalue weighted by molar-refractivity contribution is 7.18. The van der Waals surface area contributed by atoms with Gasteiger partial charge in [0.15, 0.2) is 5.13 Å². The van der Waals surface area contributed by atoms with Crippen LogP contribution in [0.5, 0.6) is 5.06 Å². The first-order valence-electron chi connectivity index (χ1n) is 6.93. The van der Waals surface area contributed by atoms with Gasteiger partial charge < -0.3 is 4.74 Å². The van der Waals surface area contributed by atoms with E-state index in [9.17, 15) is 4.79 Å². The van der Waals surface area contributed by atoms with Crippen LogP contribution in [0.1, 0.15) is 13.3 Å². The molecular weight excluding hydrogens is 314 g/mol. The van der Waals surface area contributed by atoms with Crippen molar-refractivity contribution in [2.24, 2.45) is 0 Å².